The number of piperazine rings is 1. The van der Waals surface area contributed by atoms with Crippen molar-refractivity contribution in [3.63, 3.8) is 0 Å². The van der Waals surface area contributed by atoms with Crippen LogP contribution in [0, 0.1) is 17.2 Å². The molecule has 0 aromatic heterocycles. The molecule has 2 amide bonds. The molecule has 0 bridgehead atoms. The number of ether oxygens (including phenoxy) is 2. The highest BCUT2D eigenvalue weighted by molar-refractivity contribution is 5.91. The van der Waals surface area contributed by atoms with Gasteiger partial charge in [0.05, 0.1) is 24.3 Å². The Balaban J connectivity index is 1.32. The van der Waals surface area contributed by atoms with Crippen molar-refractivity contribution in [2.24, 2.45) is 11.3 Å². The standard InChI is InChI=1S/C29H45FN4O4/c1-7-29(8-2)25(31-26(29)35)21-17-22(30)23(18-24(21)37-6)33-11-9-20(10-12-33)19-32-13-15-34(16-14-32)27(36)38-28(3,4)5/h17-18,20,25H,7-16,19H2,1-6H3,(H,31,35)/t25-/m0/s1. The van der Waals surface area contributed by atoms with Crippen LogP contribution < -0.4 is 15.0 Å². The minimum absolute atomic E-state index is 0.0346. The van der Waals surface area contributed by atoms with Crippen LogP contribution in [0.4, 0.5) is 14.9 Å². The molecule has 38 heavy (non-hydrogen) atoms. The summed E-state index contributed by atoms with van der Waals surface area (Å²) in [5.41, 5.74) is 0.309. The number of piperidine rings is 1. The summed E-state index contributed by atoms with van der Waals surface area (Å²) in [6, 6.07) is 3.14. The molecular formula is C29H45FN4O4. The average molecular weight is 533 g/mol. The van der Waals surface area contributed by atoms with E-state index in [4.69, 9.17) is 9.47 Å². The van der Waals surface area contributed by atoms with Gasteiger partial charge in [-0.05, 0) is 58.4 Å². The summed E-state index contributed by atoms with van der Waals surface area (Å²) in [6.07, 6.45) is 3.15. The first kappa shape index (κ1) is 28.5. The lowest BCUT2D eigenvalue weighted by molar-refractivity contribution is -0.147. The van der Waals surface area contributed by atoms with Crippen molar-refractivity contribution in [3.8, 4) is 5.75 Å². The maximum Gasteiger partial charge on any atom is 0.410 e. The third kappa shape index (κ3) is 5.72. The van der Waals surface area contributed by atoms with E-state index in [2.05, 4.69) is 15.1 Å². The molecule has 0 spiro atoms. The van der Waals surface area contributed by atoms with Gasteiger partial charge in [-0.3, -0.25) is 9.69 Å². The Labute approximate surface area is 226 Å². The minimum Gasteiger partial charge on any atom is -0.496 e. The summed E-state index contributed by atoms with van der Waals surface area (Å²) in [5, 5.41) is 2.98. The predicted molar refractivity (Wildman–Crippen MR) is 146 cm³/mol. The average Bonchev–Trinajstić information content (AvgIpc) is 2.88. The molecule has 1 atom stereocenters. The number of hydrogen-bond acceptors (Lipinski definition) is 6. The maximum atomic E-state index is 15.4. The second-order valence-corrected chi connectivity index (χ2v) is 12.0. The normalized spacial score (nSPS) is 22.6. The topological polar surface area (TPSA) is 74.4 Å². The van der Waals surface area contributed by atoms with Gasteiger partial charge in [0.15, 0.2) is 0 Å². The van der Waals surface area contributed by atoms with Gasteiger partial charge in [0.2, 0.25) is 5.91 Å². The summed E-state index contributed by atoms with van der Waals surface area (Å²) in [6.45, 7) is 15.3. The van der Waals surface area contributed by atoms with Crippen molar-refractivity contribution >= 4 is 17.7 Å². The van der Waals surface area contributed by atoms with Crippen molar-refractivity contribution in [2.75, 3.05) is 57.8 Å². The van der Waals surface area contributed by atoms with Crippen LogP contribution >= 0.6 is 0 Å². The van der Waals surface area contributed by atoms with E-state index in [0.29, 0.717) is 43.3 Å². The fraction of sp³-hybridized carbons (Fsp3) is 0.724. The highest BCUT2D eigenvalue weighted by Gasteiger charge is 2.53. The van der Waals surface area contributed by atoms with Gasteiger partial charge in [0.1, 0.15) is 17.2 Å². The third-order valence-electron chi connectivity index (χ3n) is 8.65. The van der Waals surface area contributed by atoms with Crippen molar-refractivity contribution < 1.29 is 23.5 Å². The number of β-lactam (4-membered cyclic amide) rings is 1. The molecule has 0 radical (unpaired) electrons. The highest BCUT2D eigenvalue weighted by Crippen LogP contribution is 2.50. The van der Waals surface area contributed by atoms with Crippen molar-refractivity contribution in [2.45, 2.75) is 71.9 Å². The van der Waals surface area contributed by atoms with E-state index in [-0.39, 0.29) is 23.9 Å². The molecule has 3 aliphatic rings. The molecular weight excluding hydrogens is 487 g/mol. The van der Waals surface area contributed by atoms with Gasteiger partial charge in [-0.1, -0.05) is 13.8 Å². The van der Waals surface area contributed by atoms with Crippen LogP contribution in [0.15, 0.2) is 12.1 Å². The van der Waals surface area contributed by atoms with Crippen LogP contribution in [-0.4, -0.2) is 80.3 Å². The van der Waals surface area contributed by atoms with Crippen LogP contribution in [0.25, 0.3) is 0 Å². The molecule has 212 valence electrons. The van der Waals surface area contributed by atoms with Gasteiger partial charge in [-0.2, -0.15) is 0 Å². The van der Waals surface area contributed by atoms with Gasteiger partial charge in [0.25, 0.3) is 0 Å². The monoisotopic (exact) mass is 532 g/mol. The van der Waals surface area contributed by atoms with Crippen LogP contribution in [-0.2, 0) is 9.53 Å². The van der Waals surface area contributed by atoms with E-state index in [9.17, 15) is 9.59 Å². The Kier molecular flexibility index (Phi) is 8.45. The Morgan fingerprint density at radius 2 is 1.71 bits per heavy atom. The van der Waals surface area contributed by atoms with Crippen molar-refractivity contribution in [1.82, 2.24) is 15.1 Å². The van der Waals surface area contributed by atoms with Gasteiger partial charge in [-0.15, -0.1) is 0 Å². The molecule has 0 unspecified atom stereocenters. The molecule has 3 saturated heterocycles. The predicted octanol–water partition coefficient (Wildman–Crippen LogP) is 4.58. The van der Waals surface area contributed by atoms with Crippen LogP contribution in [0.1, 0.15) is 71.9 Å². The fourth-order valence-electron chi connectivity index (χ4n) is 6.18. The molecule has 0 saturated carbocycles. The Morgan fingerprint density at radius 3 is 2.24 bits per heavy atom. The van der Waals surface area contributed by atoms with Crippen LogP contribution in [0.5, 0.6) is 5.75 Å². The zero-order valence-corrected chi connectivity index (χ0v) is 23.9. The smallest absolute Gasteiger partial charge is 0.410 e. The van der Waals surface area contributed by atoms with Gasteiger partial charge >= 0.3 is 6.09 Å². The van der Waals surface area contributed by atoms with Crippen LogP contribution in [0.2, 0.25) is 0 Å². The molecule has 3 fully saturated rings. The minimum atomic E-state index is -0.502. The van der Waals surface area contributed by atoms with Gasteiger partial charge in [0, 0.05) is 57.4 Å². The number of rotatable bonds is 7. The van der Waals surface area contributed by atoms with E-state index in [0.717, 1.165) is 51.1 Å². The Hall–Kier alpha value is -2.55. The lowest BCUT2D eigenvalue weighted by Gasteiger charge is -2.48. The number of methoxy groups -OCH3 is 1. The Morgan fingerprint density at radius 1 is 1.08 bits per heavy atom. The summed E-state index contributed by atoms with van der Waals surface area (Å²) in [4.78, 5) is 31.1. The number of halogens is 1. The highest BCUT2D eigenvalue weighted by atomic mass is 19.1. The molecule has 1 N–H and O–H groups in total. The molecule has 8 nitrogen and oxygen atoms in total. The second-order valence-electron chi connectivity index (χ2n) is 12.0. The largest absolute Gasteiger partial charge is 0.496 e. The molecule has 9 heteroatoms. The van der Waals surface area contributed by atoms with E-state index < -0.39 is 11.0 Å². The second kappa shape index (κ2) is 11.3. The van der Waals surface area contributed by atoms with Crippen LogP contribution in [0.3, 0.4) is 0 Å². The summed E-state index contributed by atoms with van der Waals surface area (Å²) in [5.74, 6) is 0.943. The van der Waals surface area contributed by atoms with E-state index in [1.165, 1.54) is 0 Å². The van der Waals surface area contributed by atoms with E-state index in [1.54, 1.807) is 24.1 Å². The Bertz CT molecular complexity index is 1010. The third-order valence-corrected chi connectivity index (χ3v) is 8.65. The van der Waals surface area contributed by atoms with Gasteiger partial charge in [-0.25, -0.2) is 9.18 Å². The number of anilines is 1. The molecule has 4 rings (SSSR count). The zero-order valence-electron chi connectivity index (χ0n) is 23.9. The quantitative estimate of drug-likeness (QED) is 0.518. The molecule has 0 aliphatic carbocycles. The molecule has 1 aromatic rings. The number of benzene rings is 1. The van der Waals surface area contributed by atoms with E-state index >= 15 is 4.39 Å². The summed E-state index contributed by atoms with van der Waals surface area (Å²) >= 11 is 0. The number of carbonyl (C=O) groups excluding carboxylic acids is 2. The number of nitrogens with zero attached hydrogens (tertiary/aromatic N) is 3. The lowest BCUT2D eigenvalue weighted by atomic mass is 9.66. The molecule has 3 heterocycles. The first-order valence-corrected chi connectivity index (χ1v) is 14.1. The first-order valence-electron chi connectivity index (χ1n) is 14.1. The summed E-state index contributed by atoms with van der Waals surface area (Å²) < 4.78 is 26.6. The molecule has 1 aromatic carbocycles. The molecule has 3 aliphatic heterocycles. The number of hydrogen-bond donors (Lipinski definition) is 1. The lowest BCUT2D eigenvalue weighted by Crippen LogP contribution is -2.60. The summed E-state index contributed by atoms with van der Waals surface area (Å²) in [7, 11) is 1.61. The van der Waals surface area contributed by atoms with Crippen molar-refractivity contribution in [3.05, 3.63) is 23.5 Å². The number of nitrogens with one attached hydrogen (secondary N) is 1. The van der Waals surface area contributed by atoms with Crippen molar-refractivity contribution in [1.29, 1.82) is 0 Å². The van der Waals surface area contributed by atoms with E-state index in [1.807, 2.05) is 34.6 Å². The van der Waals surface area contributed by atoms with Gasteiger partial charge < -0.3 is 24.6 Å². The SMILES string of the molecule is CCC1(CC)C(=O)N[C@H]1c1cc(F)c(N2CCC(CN3CCN(C(=O)OC(C)(C)C)CC3)CC2)cc1OC. The fourth-order valence-corrected chi connectivity index (χ4v) is 6.18. The maximum absolute atomic E-state index is 15.4. The number of amides is 2. The zero-order chi connectivity index (χ0) is 27.7. The first-order chi connectivity index (χ1) is 18.0. The number of carbonyl (C=O) groups is 2.